The first kappa shape index (κ1) is 17.0. The summed E-state index contributed by atoms with van der Waals surface area (Å²) in [6.07, 6.45) is 0. The summed E-state index contributed by atoms with van der Waals surface area (Å²) in [6.45, 7) is 0.293. The second kappa shape index (κ2) is 6.93. The lowest BCUT2D eigenvalue weighted by Gasteiger charge is -2.03. The third kappa shape index (κ3) is 3.61. The lowest BCUT2D eigenvalue weighted by molar-refractivity contribution is -0.394. The minimum Gasteiger partial charge on any atom is -0.497 e. The number of ether oxygens (including phenoxy) is 1. The van der Waals surface area contributed by atoms with Crippen LogP contribution in [0, 0.1) is 20.2 Å². The van der Waals surface area contributed by atoms with Crippen molar-refractivity contribution in [2.24, 2.45) is 0 Å². The van der Waals surface area contributed by atoms with Gasteiger partial charge in [0.25, 0.3) is 11.4 Å². The van der Waals surface area contributed by atoms with Crippen LogP contribution in [0.2, 0.25) is 0 Å². The highest BCUT2D eigenvalue weighted by molar-refractivity contribution is 5.63. The number of nitrogens with zero attached hydrogens (tertiary/aromatic N) is 6. The van der Waals surface area contributed by atoms with Crippen LogP contribution < -0.4 is 4.74 Å². The van der Waals surface area contributed by atoms with Crippen LogP contribution >= 0.6 is 0 Å². The number of non-ortho nitro benzene ring substituents is 2. The Kier molecular flexibility index (Phi) is 4.51. The predicted octanol–water partition coefficient (Wildman–Crippen LogP) is 2.21. The van der Waals surface area contributed by atoms with Crippen molar-refractivity contribution >= 4 is 11.4 Å². The van der Waals surface area contributed by atoms with E-state index in [4.69, 9.17) is 4.74 Å². The van der Waals surface area contributed by atoms with E-state index in [0.29, 0.717) is 12.3 Å². The summed E-state index contributed by atoms with van der Waals surface area (Å²) < 4.78 is 5.14. The van der Waals surface area contributed by atoms with Crippen molar-refractivity contribution < 1.29 is 14.6 Å². The Labute approximate surface area is 146 Å². The lowest BCUT2D eigenvalue weighted by Crippen LogP contribution is -2.04. The number of hydrogen-bond acceptors (Lipinski definition) is 8. The minimum absolute atomic E-state index is 0.0553. The van der Waals surface area contributed by atoms with Crippen LogP contribution in [0.15, 0.2) is 42.5 Å². The molecule has 0 radical (unpaired) electrons. The molecule has 11 nitrogen and oxygen atoms in total. The van der Waals surface area contributed by atoms with E-state index >= 15 is 0 Å². The highest BCUT2D eigenvalue weighted by Crippen LogP contribution is 2.27. The SMILES string of the molecule is COc1cccc(Cn2nnc(-c3cc([N+](=O)[O-])cc([N+](=O)[O-])c3)n2)c1. The number of nitro benzene ring substituents is 2. The van der Waals surface area contributed by atoms with Crippen LogP contribution in [0.4, 0.5) is 11.4 Å². The molecule has 1 aromatic heterocycles. The molecule has 0 aliphatic carbocycles. The van der Waals surface area contributed by atoms with Gasteiger partial charge in [0.05, 0.1) is 29.6 Å². The van der Waals surface area contributed by atoms with E-state index in [2.05, 4.69) is 15.4 Å². The summed E-state index contributed by atoms with van der Waals surface area (Å²) in [4.78, 5) is 21.8. The maximum atomic E-state index is 11.0. The van der Waals surface area contributed by atoms with Crippen LogP contribution in [-0.4, -0.2) is 37.2 Å². The zero-order valence-corrected chi connectivity index (χ0v) is 13.5. The van der Waals surface area contributed by atoms with Gasteiger partial charge < -0.3 is 4.74 Å². The second-order valence-corrected chi connectivity index (χ2v) is 5.25. The number of nitro groups is 2. The van der Waals surface area contributed by atoms with E-state index in [9.17, 15) is 20.2 Å². The largest absolute Gasteiger partial charge is 0.497 e. The first-order valence-electron chi connectivity index (χ1n) is 7.31. The summed E-state index contributed by atoms with van der Waals surface area (Å²) in [7, 11) is 1.56. The molecule has 3 aromatic rings. The van der Waals surface area contributed by atoms with Crippen molar-refractivity contribution in [3.05, 3.63) is 68.3 Å². The van der Waals surface area contributed by atoms with Crippen LogP contribution in [0.5, 0.6) is 5.75 Å². The van der Waals surface area contributed by atoms with E-state index in [1.165, 1.54) is 16.9 Å². The smallest absolute Gasteiger partial charge is 0.277 e. The van der Waals surface area contributed by atoms with Gasteiger partial charge in [-0.3, -0.25) is 20.2 Å². The molecule has 1 heterocycles. The first-order valence-corrected chi connectivity index (χ1v) is 7.31. The van der Waals surface area contributed by atoms with Gasteiger partial charge >= 0.3 is 0 Å². The molecule has 26 heavy (non-hydrogen) atoms. The molecule has 0 atom stereocenters. The number of benzene rings is 2. The Hall–Kier alpha value is -3.89. The second-order valence-electron chi connectivity index (χ2n) is 5.25. The van der Waals surface area contributed by atoms with E-state index in [-0.39, 0.29) is 11.4 Å². The number of hydrogen-bond donors (Lipinski definition) is 0. The number of rotatable bonds is 6. The molecule has 0 bridgehead atoms. The average molecular weight is 356 g/mol. The van der Waals surface area contributed by atoms with E-state index in [1.54, 1.807) is 19.2 Å². The standard InChI is InChI=1S/C15H12N6O5/c1-26-14-4-2-3-10(5-14)9-19-17-15(16-18-19)11-6-12(20(22)23)8-13(7-11)21(24)25/h2-8H,9H2,1H3. The molecule has 0 aliphatic rings. The maximum Gasteiger partial charge on any atom is 0.277 e. The molecule has 0 spiro atoms. The van der Waals surface area contributed by atoms with Crippen molar-refractivity contribution in [1.82, 2.24) is 20.2 Å². The Balaban J connectivity index is 1.91. The molecule has 0 aliphatic heterocycles. The van der Waals surface area contributed by atoms with E-state index < -0.39 is 21.2 Å². The Morgan fingerprint density at radius 2 is 1.77 bits per heavy atom. The fourth-order valence-corrected chi connectivity index (χ4v) is 2.29. The summed E-state index contributed by atoms with van der Waals surface area (Å²) >= 11 is 0. The Bertz CT molecular complexity index is 954. The van der Waals surface area contributed by atoms with Gasteiger partial charge in [-0.25, -0.2) is 0 Å². The van der Waals surface area contributed by atoms with Gasteiger partial charge in [-0.2, -0.15) is 4.80 Å². The zero-order chi connectivity index (χ0) is 18.7. The maximum absolute atomic E-state index is 11.0. The van der Waals surface area contributed by atoms with Crippen LogP contribution in [0.1, 0.15) is 5.56 Å². The predicted molar refractivity (Wildman–Crippen MR) is 88.7 cm³/mol. The van der Waals surface area contributed by atoms with Gasteiger partial charge in [-0.05, 0) is 22.9 Å². The van der Waals surface area contributed by atoms with E-state index in [0.717, 1.165) is 11.6 Å². The molecule has 0 saturated heterocycles. The van der Waals surface area contributed by atoms with E-state index in [1.807, 2.05) is 12.1 Å². The molecule has 0 N–H and O–H groups in total. The number of tetrazole rings is 1. The van der Waals surface area contributed by atoms with Gasteiger partial charge in [-0.1, -0.05) is 12.1 Å². The summed E-state index contributed by atoms with van der Waals surface area (Å²) in [5.74, 6) is 0.733. The number of methoxy groups -OCH3 is 1. The fourth-order valence-electron chi connectivity index (χ4n) is 2.29. The van der Waals surface area contributed by atoms with Gasteiger partial charge in [0.15, 0.2) is 0 Å². The topological polar surface area (TPSA) is 139 Å². The molecule has 3 rings (SSSR count). The third-order valence-electron chi connectivity index (χ3n) is 3.49. The van der Waals surface area contributed by atoms with Crippen molar-refractivity contribution in [2.75, 3.05) is 7.11 Å². The fraction of sp³-hybridized carbons (Fsp3) is 0.133. The molecule has 2 aromatic carbocycles. The number of aromatic nitrogens is 4. The van der Waals surface area contributed by atoms with Crippen molar-refractivity contribution in [1.29, 1.82) is 0 Å². The quantitative estimate of drug-likeness (QED) is 0.484. The zero-order valence-electron chi connectivity index (χ0n) is 13.5. The van der Waals surface area contributed by atoms with Crippen LogP contribution in [0.3, 0.4) is 0 Å². The molecule has 0 unspecified atom stereocenters. The van der Waals surface area contributed by atoms with Gasteiger partial charge in [0.2, 0.25) is 5.82 Å². The molecule has 0 amide bonds. The molecule has 0 saturated carbocycles. The van der Waals surface area contributed by atoms with Crippen LogP contribution in [-0.2, 0) is 6.54 Å². The van der Waals surface area contributed by atoms with Crippen molar-refractivity contribution in [2.45, 2.75) is 6.54 Å². The summed E-state index contributed by atoms with van der Waals surface area (Å²) in [6, 6.07) is 10.5. The Morgan fingerprint density at radius 3 is 2.38 bits per heavy atom. The minimum atomic E-state index is -0.711. The molecule has 0 fully saturated rings. The molecular formula is C15H12N6O5. The third-order valence-corrected chi connectivity index (χ3v) is 3.49. The summed E-state index contributed by atoms with van der Waals surface area (Å²) in [5, 5.41) is 33.8. The molecule has 11 heteroatoms. The van der Waals surface area contributed by atoms with Gasteiger partial charge in [0.1, 0.15) is 5.75 Å². The Morgan fingerprint density at radius 1 is 1.08 bits per heavy atom. The molecule has 132 valence electrons. The monoisotopic (exact) mass is 356 g/mol. The molecular weight excluding hydrogens is 344 g/mol. The highest BCUT2D eigenvalue weighted by Gasteiger charge is 2.19. The average Bonchev–Trinajstić information content (AvgIpc) is 3.10. The van der Waals surface area contributed by atoms with Crippen molar-refractivity contribution in [3.63, 3.8) is 0 Å². The van der Waals surface area contributed by atoms with Gasteiger partial charge in [-0.15, -0.1) is 10.2 Å². The van der Waals surface area contributed by atoms with Gasteiger partial charge in [0, 0.05) is 17.7 Å². The summed E-state index contributed by atoms with van der Waals surface area (Å²) in [5.41, 5.74) is 0.165. The van der Waals surface area contributed by atoms with Crippen molar-refractivity contribution in [3.8, 4) is 17.1 Å². The lowest BCUT2D eigenvalue weighted by atomic mass is 10.1. The highest BCUT2D eigenvalue weighted by atomic mass is 16.6. The first-order chi connectivity index (χ1) is 12.5. The normalized spacial score (nSPS) is 10.5. The van der Waals surface area contributed by atoms with Crippen LogP contribution in [0.25, 0.3) is 11.4 Å².